The molecule has 1 heterocycles. The van der Waals surface area contributed by atoms with Crippen LogP contribution in [0.2, 0.25) is 0 Å². The number of unbranched alkanes of at least 4 members (excludes halogenated alkanes) is 1. The van der Waals surface area contributed by atoms with Gasteiger partial charge in [-0.25, -0.2) is 13.1 Å². The Kier molecular flexibility index (Phi) is 5.37. The van der Waals surface area contributed by atoms with Crippen LogP contribution < -0.4 is 10.0 Å². The average Bonchev–Trinajstić information content (AvgIpc) is 2.55. The minimum atomic E-state index is -3.48. The lowest BCUT2D eigenvalue weighted by atomic mass is 10.2. The summed E-state index contributed by atoms with van der Waals surface area (Å²) in [6.45, 7) is 6.42. The van der Waals surface area contributed by atoms with Gasteiger partial charge in [0.05, 0.1) is 0 Å². The second kappa shape index (κ2) is 6.36. The van der Waals surface area contributed by atoms with E-state index in [9.17, 15) is 8.42 Å². The number of rotatable bonds is 7. The van der Waals surface area contributed by atoms with Gasteiger partial charge in [-0.1, -0.05) is 13.3 Å². The highest BCUT2D eigenvalue weighted by Gasteiger charge is 2.25. The Balaban J connectivity index is 3.07. The van der Waals surface area contributed by atoms with Crippen molar-refractivity contribution in [3.8, 4) is 0 Å². The van der Waals surface area contributed by atoms with Crippen molar-refractivity contribution >= 4 is 10.0 Å². The fourth-order valence-electron chi connectivity index (χ4n) is 1.90. The minimum Gasteiger partial charge on any atom is -0.465 e. The maximum absolute atomic E-state index is 12.2. The van der Waals surface area contributed by atoms with Gasteiger partial charge in [0.1, 0.15) is 16.4 Å². The Labute approximate surface area is 109 Å². The van der Waals surface area contributed by atoms with Crippen molar-refractivity contribution in [1.29, 1.82) is 0 Å². The smallest absolute Gasteiger partial charge is 0.244 e. The molecule has 2 N–H and O–H groups in total. The van der Waals surface area contributed by atoms with Crippen molar-refractivity contribution in [2.24, 2.45) is 0 Å². The first-order chi connectivity index (χ1) is 8.44. The lowest BCUT2D eigenvalue weighted by Gasteiger charge is -2.07. The summed E-state index contributed by atoms with van der Waals surface area (Å²) in [4.78, 5) is 0.283. The third-order valence-electron chi connectivity index (χ3n) is 2.77. The maximum atomic E-state index is 12.2. The number of hydrogen-bond acceptors (Lipinski definition) is 4. The van der Waals surface area contributed by atoms with Gasteiger partial charge in [-0.3, -0.25) is 0 Å². The molecule has 0 fully saturated rings. The van der Waals surface area contributed by atoms with Gasteiger partial charge in [-0.2, -0.15) is 0 Å². The molecule has 0 aromatic carbocycles. The Morgan fingerprint density at radius 2 is 1.89 bits per heavy atom. The monoisotopic (exact) mass is 274 g/mol. The fourth-order valence-corrected chi connectivity index (χ4v) is 3.42. The fraction of sp³-hybridized carbons (Fsp3) is 0.667. The predicted octanol–water partition coefficient (Wildman–Crippen LogP) is 1.69. The van der Waals surface area contributed by atoms with Gasteiger partial charge in [0.25, 0.3) is 0 Å². The SMILES string of the molecule is CCCCNS(=O)(=O)c1c(C)oc(C)c1CNC. The van der Waals surface area contributed by atoms with Crippen molar-refractivity contribution in [1.82, 2.24) is 10.0 Å². The summed E-state index contributed by atoms with van der Waals surface area (Å²) < 4.78 is 32.5. The maximum Gasteiger partial charge on any atom is 0.244 e. The minimum absolute atomic E-state index is 0.283. The van der Waals surface area contributed by atoms with Gasteiger partial charge in [-0.15, -0.1) is 0 Å². The largest absolute Gasteiger partial charge is 0.465 e. The van der Waals surface area contributed by atoms with Gasteiger partial charge in [-0.05, 0) is 27.3 Å². The standard InChI is InChI=1S/C12H22N2O3S/c1-5-6-7-14-18(15,16)12-10(3)17-9(2)11(12)8-13-4/h13-14H,5-8H2,1-4H3. The van der Waals surface area contributed by atoms with Crippen LogP contribution in [0.4, 0.5) is 0 Å². The third kappa shape index (κ3) is 3.34. The summed E-state index contributed by atoms with van der Waals surface area (Å²) in [5, 5.41) is 2.97. The van der Waals surface area contributed by atoms with E-state index < -0.39 is 10.0 Å². The highest BCUT2D eigenvalue weighted by molar-refractivity contribution is 7.89. The van der Waals surface area contributed by atoms with Crippen LogP contribution in [0.1, 0.15) is 36.8 Å². The lowest BCUT2D eigenvalue weighted by Crippen LogP contribution is -2.26. The molecule has 6 heteroatoms. The van der Waals surface area contributed by atoms with E-state index in [-0.39, 0.29) is 4.90 Å². The van der Waals surface area contributed by atoms with Crippen LogP contribution in [-0.4, -0.2) is 22.0 Å². The summed E-state index contributed by atoms with van der Waals surface area (Å²) in [6.07, 6.45) is 1.78. The predicted molar refractivity (Wildman–Crippen MR) is 71.0 cm³/mol. The molecular weight excluding hydrogens is 252 g/mol. The van der Waals surface area contributed by atoms with Gasteiger partial charge in [0, 0.05) is 18.7 Å². The number of nitrogens with one attached hydrogen (secondary N) is 2. The van der Waals surface area contributed by atoms with Crippen molar-refractivity contribution in [3.05, 3.63) is 17.1 Å². The molecule has 1 aromatic heterocycles. The van der Waals surface area contributed by atoms with E-state index in [2.05, 4.69) is 10.0 Å². The second-order valence-electron chi connectivity index (χ2n) is 4.30. The summed E-state index contributed by atoms with van der Waals surface area (Å²) >= 11 is 0. The molecule has 0 spiro atoms. The van der Waals surface area contributed by atoms with Crippen LogP contribution in [0.25, 0.3) is 0 Å². The molecule has 5 nitrogen and oxygen atoms in total. The molecule has 0 aliphatic heterocycles. The topological polar surface area (TPSA) is 71.3 Å². The lowest BCUT2D eigenvalue weighted by molar-refractivity contribution is 0.493. The molecule has 0 saturated heterocycles. The molecule has 0 atom stereocenters. The zero-order chi connectivity index (χ0) is 13.8. The van der Waals surface area contributed by atoms with Gasteiger partial charge >= 0.3 is 0 Å². The Morgan fingerprint density at radius 1 is 1.22 bits per heavy atom. The van der Waals surface area contributed by atoms with Crippen LogP contribution in [0.15, 0.2) is 9.31 Å². The summed E-state index contributed by atoms with van der Waals surface area (Å²) in [5.74, 6) is 1.10. The Morgan fingerprint density at radius 3 is 2.44 bits per heavy atom. The Hall–Kier alpha value is -0.850. The third-order valence-corrected chi connectivity index (χ3v) is 4.43. The number of furan rings is 1. The number of aryl methyl sites for hydroxylation is 2. The van der Waals surface area contributed by atoms with Crippen molar-refractivity contribution in [2.75, 3.05) is 13.6 Å². The van der Waals surface area contributed by atoms with E-state index in [0.29, 0.717) is 30.2 Å². The molecule has 0 bridgehead atoms. The highest BCUT2D eigenvalue weighted by Crippen LogP contribution is 2.26. The highest BCUT2D eigenvalue weighted by atomic mass is 32.2. The van der Waals surface area contributed by atoms with Gasteiger partial charge < -0.3 is 9.73 Å². The first-order valence-electron chi connectivity index (χ1n) is 6.17. The Bertz CT molecular complexity index is 492. The average molecular weight is 274 g/mol. The van der Waals surface area contributed by atoms with E-state index in [1.165, 1.54) is 0 Å². The molecule has 18 heavy (non-hydrogen) atoms. The van der Waals surface area contributed by atoms with E-state index >= 15 is 0 Å². The van der Waals surface area contributed by atoms with Gasteiger partial charge in [0.15, 0.2) is 0 Å². The first kappa shape index (κ1) is 15.2. The van der Waals surface area contributed by atoms with Crippen LogP contribution in [0, 0.1) is 13.8 Å². The van der Waals surface area contributed by atoms with Crippen molar-refractivity contribution in [3.63, 3.8) is 0 Å². The molecule has 0 radical (unpaired) electrons. The molecule has 104 valence electrons. The van der Waals surface area contributed by atoms with Crippen LogP contribution in [0.5, 0.6) is 0 Å². The molecule has 0 aliphatic carbocycles. The van der Waals surface area contributed by atoms with Crippen LogP contribution in [0.3, 0.4) is 0 Å². The molecular formula is C12H22N2O3S. The van der Waals surface area contributed by atoms with Crippen LogP contribution in [-0.2, 0) is 16.6 Å². The number of hydrogen-bond donors (Lipinski definition) is 2. The van der Waals surface area contributed by atoms with Crippen LogP contribution >= 0.6 is 0 Å². The van der Waals surface area contributed by atoms with E-state index in [1.54, 1.807) is 20.9 Å². The van der Waals surface area contributed by atoms with E-state index in [0.717, 1.165) is 12.8 Å². The zero-order valence-corrected chi connectivity index (χ0v) is 12.3. The molecule has 0 unspecified atom stereocenters. The normalized spacial score (nSPS) is 12.0. The van der Waals surface area contributed by atoms with E-state index in [1.807, 2.05) is 6.92 Å². The second-order valence-corrected chi connectivity index (χ2v) is 6.01. The molecule has 0 amide bonds. The molecule has 1 rings (SSSR count). The molecule has 0 aliphatic rings. The summed E-state index contributed by atoms with van der Waals surface area (Å²) in [6, 6.07) is 0. The van der Waals surface area contributed by atoms with Crippen molar-refractivity contribution < 1.29 is 12.8 Å². The van der Waals surface area contributed by atoms with E-state index in [4.69, 9.17) is 4.42 Å². The molecule has 0 saturated carbocycles. The summed E-state index contributed by atoms with van der Waals surface area (Å²) in [5.41, 5.74) is 0.707. The number of sulfonamides is 1. The quantitative estimate of drug-likeness (QED) is 0.742. The zero-order valence-electron chi connectivity index (χ0n) is 11.5. The first-order valence-corrected chi connectivity index (χ1v) is 7.65. The summed E-state index contributed by atoms with van der Waals surface area (Å²) in [7, 11) is -1.70. The van der Waals surface area contributed by atoms with Gasteiger partial charge in [0.2, 0.25) is 10.0 Å². The van der Waals surface area contributed by atoms with Crippen molar-refractivity contribution in [2.45, 2.75) is 45.1 Å². The molecule has 1 aromatic rings.